The zero-order valence-corrected chi connectivity index (χ0v) is 12.2. The minimum Gasteiger partial charge on any atom is -0.334 e. The van der Waals surface area contributed by atoms with Gasteiger partial charge in [0.1, 0.15) is 5.69 Å². The highest BCUT2D eigenvalue weighted by molar-refractivity contribution is 6.30. The second kappa shape index (κ2) is 5.44. The number of carbonyl (C=O) groups is 1. The van der Waals surface area contributed by atoms with Gasteiger partial charge in [0.25, 0.3) is 5.91 Å². The summed E-state index contributed by atoms with van der Waals surface area (Å²) < 4.78 is 15.2. The molecule has 3 rings (SSSR count). The smallest absolute Gasteiger partial charge is 0.276 e. The molecule has 0 unspecified atom stereocenters. The van der Waals surface area contributed by atoms with Crippen molar-refractivity contribution in [2.75, 3.05) is 6.54 Å². The minimum absolute atomic E-state index is 0.00374. The quantitative estimate of drug-likeness (QED) is 0.872. The summed E-state index contributed by atoms with van der Waals surface area (Å²) in [4.78, 5) is 14.1. The summed E-state index contributed by atoms with van der Waals surface area (Å²) in [7, 11) is 0. The Hall–Kier alpha value is -1.95. The van der Waals surface area contributed by atoms with Crippen molar-refractivity contribution in [2.24, 2.45) is 0 Å². The van der Waals surface area contributed by atoms with Gasteiger partial charge in [-0.2, -0.15) is 0 Å². The summed E-state index contributed by atoms with van der Waals surface area (Å²) in [6, 6.07) is 4.90. The SMILES string of the molecule is CCN(C(=O)c1cn(-c2cccc(Cl)c2F)nn1)C1CC1. The molecule has 110 valence electrons. The van der Waals surface area contributed by atoms with Crippen molar-refractivity contribution in [1.82, 2.24) is 19.9 Å². The van der Waals surface area contributed by atoms with Crippen LogP contribution in [-0.2, 0) is 0 Å². The van der Waals surface area contributed by atoms with Crippen LogP contribution in [0, 0.1) is 5.82 Å². The molecule has 1 heterocycles. The molecule has 1 aliphatic carbocycles. The average molecular weight is 309 g/mol. The highest BCUT2D eigenvalue weighted by atomic mass is 35.5. The molecule has 5 nitrogen and oxygen atoms in total. The van der Waals surface area contributed by atoms with Crippen LogP contribution in [0.3, 0.4) is 0 Å². The third-order valence-electron chi connectivity index (χ3n) is 3.48. The number of nitrogens with zero attached hydrogens (tertiary/aromatic N) is 4. The fourth-order valence-electron chi connectivity index (χ4n) is 2.25. The van der Waals surface area contributed by atoms with E-state index in [0.29, 0.717) is 12.6 Å². The minimum atomic E-state index is -0.586. The molecule has 1 saturated carbocycles. The maximum absolute atomic E-state index is 13.9. The number of rotatable bonds is 4. The van der Waals surface area contributed by atoms with Crippen molar-refractivity contribution in [3.63, 3.8) is 0 Å². The van der Waals surface area contributed by atoms with Crippen LogP contribution in [0.4, 0.5) is 4.39 Å². The van der Waals surface area contributed by atoms with Crippen molar-refractivity contribution in [1.29, 1.82) is 0 Å². The third kappa shape index (κ3) is 2.63. The Balaban J connectivity index is 1.89. The Bertz CT molecular complexity index is 683. The molecule has 21 heavy (non-hydrogen) atoms. The van der Waals surface area contributed by atoms with Crippen LogP contribution in [-0.4, -0.2) is 38.4 Å². The first-order valence-corrected chi connectivity index (χ1v) is 7.17. The molecule has 0 radical (unpaired) electrons. The van der Waals surface area contributed by atoms with E-state index in [0.717, 1.165) is 12.8 Å². The fraction of sp³-hybridized carbons (Fsp3) is 0.357. The van der Waals surface area contributed by atoms with Crippen LogP contribution in [0.5, 0.6) is 0 Å². The first kappa shape index (κ1) is 14.0. The van der Waals surface area contributed by atoms with Crippen LogP contribution in [0.1, 0.15) is 30.3 Å². The molecular formula is C14H14ClFN4O. The highest BCUT2D eigenvalue weighted by Gasteiger charge is 2.33. The Morgan fingerprint density at radius 2 is 2.29 bits per heavy atom. The molecule has 0 spiro atoms. The molecule has 7 heteroatoms. The summed E-state index contributed by atoms with van der Waals surface area (Å²) in [6.07, 6.45) is 3.48. The molecular weight excluding hydrogens is 295 g/mol. The molecule has 1 aromatic carbocycles. The van der Waals surface area contributed by atoms with Crippen molar-refractivity contribution < 1.29 is 9.18 Å². The zero-order valence-electron chi connectivity index (χ0n) is 11.5. The van der Waals surface area contributed by atoms with Crippen LogP contribution in [0.15, 0.2) is 24.4 Å². The van der Waals surface area contributed by atoms with Crippen molar-refractivity contribution >= 4 is 17.5 Å². The number of benzene rings is 1. The van der Waals surface area contributed by atoms with Gasteiger partial charge >= 0.3 is 0 Å². The van der Waals surface area contributed by atoms with Gasteiger partial charge in [0, 0.05) is 12.6 Å². The summed E-state index contributed by atoms with van der Waals surface area (Å²) in [5.41, 5.74) is 0.381. The van der Waals surface area contributed by atoms with Gasteiger partial charge in [0.2, 0.25) is 0 Å². The largest absolute Gasteiger partial charge is 0.334 e. The molecule has 0 aliphatic heterocycles. The van der Waals surface area contributed by atoms with E-state index < -0.39 is 5.82 Å². The number of hydrogen-bond acceptors (Lipinski definition) is 3. The number of amides is 1. The van der Waals surface area contributed by atoms with E-state index >= 15 is 0 Å². The molecule has 0 N–H and O–H groups in total. The number of aromatic nitrogens is 3. The van der Waals surface area contributed by atoms with Gasteiger partial charge < -0.3 is 4.90 Å². The van der Waals surface area contributed by atoms with Gasteiger partial charge in [-0.15, -0.1) is 5.10 Å². The van der Waals surface area contributed by atoms with E-state index in [9.17, 15) is 9.18 Å². The lowest BCUT2D eigenvalue weighted by molar-refractivity contribution is 0.0746. The van der Waals surface area contributed by atoms with Crippen LogP contribution in [0.2, 0.25) is 5.02 Å². The lowest BCUT2D eigenvalue weighted by Crippen LogP contribution is -2.33. The average Bonchev–Trinajstić information content (AvgIpc) is 3.18. The zero-order chi connectivity index (χ0) is 15.0. The van der Waals surface area contributed by atoms with Gasteiger partial charge in [-0.3, -0.25) is 4.79 Å². The lowest BCUT2D eigenvalue weighted by atomic mass is 10.3. The number of carbonyl (C=O) groups excluding carboxylic acids is 1. The van der Waals surface area contributed by atoms with Crippen LogP contribution < -0.4 is 0 Å². The van der Waals surface area contributed by atoms with Crippen LogP contribution >= 0.6 is 11.6 Å². The standard InChI is InChI=1S/C14H14ClFN4O/c1-2-19(9-6-7-9)14(21)11-8-20(18-17-11)12-5-3-4-10(15)13(12)16/h3-5,8-9H,2,6-7H2,1H3. The molecule has 0 bridgehead atoms. The second-order valence-electron chi connectivity index (χ2n) is 4.94. The summed E-state index contributed by atoms with van der Waals surface area (Å²) >= 11 is 5.74. The van der Waals surface area contributed by atoms with Gasteiger partial charge in [-0.25, -0.2) is 9.07 Å². The van der Waals surface area contributed by atoms with Crippen molar-refractivity contribution in [2.45, 2.75) is 25.8 Å². The fourth-order valence-corrected chi connectivity index (χ4v) is 2.42. The summed E-state index contributed by atoms with van der Waals surface area (Å²) in [5.74, 6) is -0.758. The normalized spacial score (nSPS) is 14.2. The molecule has 0 atom stereocenters. The van der Waals surface area contributed by atoms with Crippen molar-refractivity contribution in [3.8, 4) is 5.69 Å². The molecule has 1 aliphatic rings. The van der Waals surface area contributed by atoms with E-state index in [2.05, 4.69) is 10.3 Å². The first-order valence-electron chi connectivity index (χ1n) is 6.79. The first-order chi connectivity index (χ1) is 10.1. The number of halogens is 2. The predicted molar refractivity (Wildman–Crippen MR) is 76.1 cm³/mol. The molecule has 1 amide bonds. The summed E-state index contributed by atoms with van der Waals surface area (Å²) in [6.45, 7) is 2.55. The maximum atomic E-state index is 13.9. The molecule has 1 aromatic heterocycles. The monoisotopic (exact) mass is 308 g/mol. The van der Waals surface area contributed by atoms with Gasteiger partial charge in [-0.05, 0) is 31.9 Å². The van der Waals surface area contributed by atoms with Gasteiger partial charge in [0.15, 0.2) is 11.5 Å². The Labute approximate surface area is 126 Å². The molecule has 1 fully saturated rings. The Morgan fingerprint density at radius 3 is 2.95 bits per heavy atom. The van der Waals surface area contributed by atoms with E-state index in [1.165, 1.54) is 23.0 Å². The molecule has 0 saturated heterocycles. The van der Waals surface area contributed by atoms with Gasteiger partial charge in [-0.1, -0.05) is 22.9 Å². The lowest BCUT2D eigenvalue weighted by Gasteiger charge is -2.18. The third-order valence-corrected chi connectivity index (χ3v) is 3.77. The summed E-state index contributed by atoms with van der Waals surface area (Å²) in [5, 5.41) is 7.68. The Morgan fingerprint density at radius 1 is 1.52 bits per heavy atom. The van der Waals surface area contributed by atoms with E-state index in [4.69, 9.17) is 11.6 Å². The van der Waals surface area contributed by atoms with Crippen molar-refractivity contribution in [3.05, 3.63) is 40.9 Å². The molecule has 2 aromatic rings. The maximum Gasteiger partial charge on any atom is 0.276 e. The Kier molecular flexibility index (Phi) is 3.63. The van der Waals surface area contributed by atoms with Crippen LogP contribution in [0.25, 0.3) is 5.69 Å². The topological polar surface area (TPSA) is 51.0 Å². The predicted octanol–water partition coefficient (Wildman–Crippen LogP) is 2.68. The van der Waals surface area contributed by atoms with Gasteiger partial charge in [0.05, 0.1) is 11.2 Å². The van der Waals surface area contributed by atoms with E-state index in [1.807, 2.05) is 6.92 Å². The number of hydrogen-bond donors (Lipinski definition) is 0. The second-order valence-corrected chi connectivity index (χ2v) is 5.35. The van der Waals surface area contributed by atoms with E-state index in [-0.39, 0.29) is 22.3 Å². The van der Waals surface area contributed by atoms with E-state index in [1.54, 1.807) is 11.0 Å². The highest BCUT2D eigenvalue weighted by Crippen LogP contribution is 2.28.